The van der Waals surface area contributed by atoms with E-state index in [9.17, 15) is 19.2 Å². The minimum Gasteiger partial charge on any atom is -0.480 e. The fourth-order valence-electron chi connectivity index (χ4n) is 1.67. The summed E-state index contributed by atoms with van der Waals surface area (Å²) in [4.78, 5) is 44.3. The number of nitrogens with zero attached hydrogens (tertiary/aromatic N) is 1. The average Bonchev–Trinajstić information content (AvgIpc) is 2.35. The van der Waals surface area contributed by atoms with Crippen molar-refractivity contribution in [3.63, 3.8) is 0 Å². The number of aromatic carboxylic acids is 2. The molecule has 0 saturated heterocycles. The Morgan fingerprint density at radius 3 is 1.76 bits per heavy atom. The summed E-state index contributed by atoms with van der Waals surface area (Å²) >= 11 is 0. The maximum Gasteiger partial charge on any atom is 0.337 e. The molecule has 0 aliphatic carbocycles. The summed E-state index contributed by atoms with van der Waals surface area (Å²) in [5.41, 5.74) is -0.976. The van der Waals surface area contributed by atoms with Gasteiger partial charge in [-0.3, -0.25) is 9.59 Å². The summed E-state index contributed by atoms with van der Waals surface area (Å²) in [6, 6.07) is 2.98. The van der Waals surface area contributed by atoms with Gasteiger partial charge in [0.2, 0.25) is 0 Å². The van der Waals surface area contributed by atoms with Crippen molar-refractivity contribution in [1.82, 2.24) is 0 Å². The first kappa shape index (κ1) is 16.0. The molecule has 9 heteroatoms. The van der Waals surface area contributed by atoms with Gasteiger partial charge in [0.15, 0.2) is 0 Å². The third kappa shape index (κ3) is 4.20. The normalized spacial score (nSPS) is 9.90. The van der Waals surface area contributed by atoms with E-state index in [1.807, 2.05) is 0 Å². The van der Waals surface area contributed by atoms with Gasteiger partial charge in [0, 0.05) is 0 Å². The Balaban J connectivity index is 3.35. The molecule has 0 amide bonds. The Morgan fingerprint density at radius 2 is 1.38 bits per heavy atom. The molecule has 4 N–H and O–H groups in total. The number of anilines is 1. The molecule has 0 saturated carbocycles. The van der Waals surface area contributed by atoms with Crippen LogP contribution in [0.2, 0.25) is 0 Å². The Kier molecular flexibility index (Phi) is 4.84. The van der Waals surface area contributed by atoms with Gasteiger partial charge in [-0.15, -0.1) is 0 Å². The topological polar surface area (TPSA) is 152 Å². The quantitative estimate of drug-likeness (QED) is 0.547. The number of carboxylic acid groups (broad SMARTS) is 4. The summed E-state index contributed by atoms with van der Waals surface area (Å²) in [5, 5.41) is 35.4. The van der Waals surface area contributed by atoms with Crippen LogP contribution < -0.4 is 4.90 Å². The van der Waals surface area contributed by atoms with E-state index in [-0.39, 0.29) is 11.3 Å². The van der Waals surface area contributed by atoms with Crippen molar-refractivity contribution in [3.8, 4) is 0 Å². The maximum atomic E-state index is 11.2. The van der Waals surface area contributed by atoms with Crippen LogP contribution >= 0.6 is 0 Å². The SMILES string of the molecule is O=C(O)CN(CC(=O)O)c1ccc(C(=O)O)cc1C(=O)O. The van der Waals surface area contributed by atoms with E-state index in [1.165, 1.54) is 0 Å². The summed E-state index contributed by atoms with van der Waals surface area (Å²) in [7, 11) is 0. The van der Waals surface area contributed by atoms with Crippen LogP contribution in [0.5, 0.6) is 0 Å². The fraction of sp³-hybridized carbons (Fsp3) is 0.167. The standard InChI is InChI=1S/C12H11NO8/c14-9(15)4-13(5-10(16)17)8-2-1-6(11(18)19)3-7(8)12(20)21/h1-3H,4-5H2,(H,14,15)(H,16,17)(H,18,19)(H,20,21). The molecule has 1 rings (SSSR count). The minimum absolute atomic E-state index is 0.183. The van der Waals surface area contributed by atoms with E-state index < -0.39 is 42.5 Å². The predicted octanol–water partition coefficient (Wildman–Crippen LogP) is 0.0586. The molecule has 0 atom stereocenters. The monoisotopic (exact) mass is 297 g/mol. The number of aliphatic carboxylic acids is 2. The summed E-state index contributed by atoms with van der Waals surface area (Å²) in [5.74, 6) is -5.55. The van der Waals surface area contributed by atoms with Crippen LogP contribution in [0.1, 0.15) is 20.7 Å². The number of benzene rings is 1. The van der Waals surface area contributed by atoms with Crippen LogP contribution in [0.4, 0.5) is 5.69 Å². The molecule has 0 unspecified atom stereocenters. The van der Waals surface area contributed by atoms with Gasteiger partial charge in [-0.2, -0.15) is 0 Å². The highest BCUT2D eigenvalue weighted by molar-refractivity contribution is 5.99. The number of carbonyl (C=O) groups is 4. The minimum atomic E-state index is -1.49. The van der Waals surface area contributed by atoms with Crippen LogP contribution in [0.3, 0.4) is 0 Å². The Labute approximate surface area is 117 Å². The second kappa shape index (κ2) is 6.37. The van der Waals surface area contributed by atoms with Crippen LogP contribution in [-0.2, 0) is 9.59 Å². The van der Waals surface area contributed by atoms with Gasteiger partial charge >= 0.3 is 23.9 Å². The van der Waals surface area contributed by atoms with Crippen molar-refractivity contribution in [2.75, 3.05) is 18.0 Å². The summed E-state index contributed by atoms with van der Waals surface area (Å²) in [6.07, 6.45) is 0. The predicted molar refractivity (Wildman–Crippen MR) is 67.8 cm³/mol. The van der Waals surface area contributed by atoms with Gasteiger partial charge < -0.3 is 25.3 Å². The molecule has 0 bridgehead atoms. The molecule has 112 valence electrons. The van der Waals surface area contributed by atoms with E-state index in [0.29, 0.717) is 0 Å². The van der Waals surface area contributed by atoms with E-state index in [4.69, 9.17) is 20.4 Å². The van der Waals surface area contributed by atoms with Crippen molar-refractivity contribution in [2.45, 2.75) is 0 Å². The number of hydrogen-bond donors (Lipinski definition) is 4. The van der Waals surface area contributed by atoms with Crippen molar-refractivity contribution >= 4 is 29.6 Å². The molecule has 0 heterocycles. The van der Waals surface area contributed by atoms with E-state index in [0.717, 1.165) is 23.1 Å². The molecule has 0 aliphatic heterocycles. The zero-order valence-corrected chi connectivity index (χ0v) is 10.5. The Morgan fingerprint density at radius 1 is 0.857 bits per heavy atom. The van der Waals surface area contributed by atoms with Crippen molar-refractivity contribution in [3.05, 3.63) is 29.3 Å². The molecule has 0 aromatic heterocycles. The molecule has 0 fully saturated rings. The first-order valence-corrected chi connectivity index (χ1v) is 5.51. The third-order valence-corrected chi connectivity index (χ3v) is 2.47. The fourth-order valence-corrected chi connectivity index (χ4v) is 1.67. The second-order valence-electron chi connectivity index (χ2n) is 3.99. The third-order valence-electron chi connectivity index (χ3n) is 2.47. The van der Waals surface area contributed by atoms with Gasteiger partial charge in [-0.25, -0.2) is 9.59 Å². The zero-order chi connectivity index (χ0) is 16.2. The highest BCUT2D eigenvalue weighted by Crippen LogP contribution is 2.22. The van der Waals surface area contributed by atoms with Crippen LogP contribution in [-0.4, -0.2) is 57.4 Å². The average molecular weight is 297 g/mol. The van der Waals surface area contributed by atoms with E-state index in [2.05, 4.69) is 0 Å². The molecule has 0 radical (unpaired) electrons. The van der Waals surface area contributed by atoms with Crippen LogP contribution in [0, 0.1) is 0 Å². The van der Waals surface area contributed by atoms with Crippen LogP contribution in [0.25, 0.3) is 0 Å². The molecule has 1 aromatic rings. The smallest absolute Gasteiger partial charge is 0.337 e. The van der Waals surface area contributed by atoms with Gasteiger partial charge in [-0.1, -0.05) is 0 Å². The summed E-state index contributed by atoms with van der Waals surface area (Å²) in [6.45, 7) is -1.47. The van der Waals surface area contributed by atoms with Crippen molar-refractivity contribution in [2.24, 2.45) is 0 Å². The highest BCUT2D eigenvalue weighted by Gasteiger charge is 2.21. The second-order valence-corrected chi connectivity index (χ2v) is 3.99. The van der Waals surface area contributed by atoms with Crippen LogP contribution in [0.15, 0.2) is 18.2 Å². The molecular weight excluding hydrogens is 286 g/mol. The molecule has 21 heavy (non-hydrogen) atoms. The number of carboxylic acids is 4. The van der Waals surface area contributed by atoms with Gasteiger partial charge in [-0.05, 0) is 18.2 Å². The van der Waals surface area contributed by atoms with Gasteiger partial charge in [0.05, 0.1) is 16.8 Å². The maximum absolute atomic E-state index is 11.2. The Bertz CT molecular complexity index is 593. The first-order valence-electron chi connectivity index (χ1n) is 5.51. The molecule has 0 aliphatic rings. The van der Waals surface area contributed by atoms with Gasteiger partial charge in [0.25, 0.3) is 0 Å². The number of hydrogen-bond acceptors (Lipinski definition) is 5. The largest absolute Gasteiger partial charge is 0.480 e. The van der Waals surface area contributed by atoms with E-state index in [1.54, 1.807) is 0 Å². The molecular formula is C12H11NO8. The summed E-state index contributed by atoms with van der Waals surface area (Å²) < 4.78 is 0. The lowest BCUT2D eigenvalue weighted by Gasteiger charge is -2.22. The molecule has 9 nitrogen and oxygen atoms in total. The van der Waals surface area contributed by atoms with Gasteiger partial charge in [0.1, 0.15) is 13.1 Å². The lowest BCUT2D eigenvalue weighted by molar-refractivity contribution is -0.136. The zero-order valence-electron chi connectivity index (χ0n) is 10.5. The van der Waals surface area contributed by atoms with Crippen molar-refractivity contribution < 1.29 is 39.6 Å². The van der Waals surface area contributed by atoms with Crippen molar-refractivity contribution in [1.29, 1.82) is 0 Å². The lowest BCUT2D eigenvalue weighted by atomic mass is 10.1. The Hall–Kier alpha value is -3.10. The molecule has 1 aromatic carbocycles. The first-order chi connectivity index (χ1) is 9.72. The molecule has 0 spiro atoms. The number of rotatable bonds is 7. The highest BCUT2D eigenvalue weighted by atomic mass is 16.4. The van der Waals surface area contributed by atoms with E-state index >= 15 is 0 Å². The lowest BCUT2D eigenvalue weighted by Crippen LogP contribution is -2.35.